The lowest BCUT2D eigenvalue weighted by atomic mass is 10.0. The molecule has 178 valence electrons. The van der Waals surface area contributed by atoms with Crippen molar-refractivity contribution in [2.75, 3.05) is 18.4 Å². The van der Waals surface area contributed by atoms with Gasteiger partial charge in [0.1, 0.15) is 6.04 Å². The molecular weight excluding hydrogens is 456 g/mol. The van der Waals surface area contributed by atoms with Crippen molar-refractivity contribution in [3.05, 3.63) is 77.9 Å². The quantitative estimate of drug-likeness (QED) is 0.445. The molecule has 1 aliphatic heterocycles. The number of fused-ring (bicyclic) bond motifs is 1. The Morgan fingerprint density at radius 3 is 2.47 bits per heavy atom. The predicted octanol–water partition coefficient (Wildman–Crippen LogP) is 1.71. The van der Waals surface area contributed by atoms with E-state index in [4.69, 9.17) is 0 Å². The summed E-state index contributed by atoms with van der Waals surface area (Å²) < 4.78 is 26.3. The van der Waals surface area contributed by atoms with E-state index in [1.54, 1.807) is 53.4 Å². The minimum Gasteiger partial charge on any atom is -0.345 e. The van der Waals surface area contributed by atoms with Gasteiger partial charge in [0.25, 0.3) is 5.91 Å². The van der Waals surface area contributed by atoms with E-state index in [0.717, 1.165) is 12.8 Å². The zero-order valence-electron chi connectivity index (χ0n) is 18.5. The molecule has 0 bridgehead atoms. The summed E-state index contributed by atoms with van der Waals surface area (Å²) in [6.45, 7) is 3.37. The summed E-state index contributed by atoms with van der Waals surface area (Å²) in [6, 6.07) is 12.8. The van der Waals surface area contributed by atoms with E-state index in [9.17, 15) is 22.8 Å². The Balaban J connectivity index is 1.33. The van der Waals surface area contributed by atoms with Crippen LogP contribution in [0.5, 0.6) is 0 Å². The van der Waals surface area contributed by atoms with Crippen molar-refractivity contribution in [1.82, 2.24) is 14.9 Å². The zero-order chi connectivity index (χ0) is 24.3. The lowest BCUT2D eigenvalue weighted by molar-refractivity contribution is -0.127. The van der Waals surface area contributed by atoms with Gasteiger partial charge in [0.15, 0.2) is 0 Å². The first-order chi connectivity index (χ1) is 16.3. The van der Waals surface area contributed by atoms with Crippen LogP contribution in [-0.2, 0) is 25.4 Å². The van der Waals surface area contributed by atoms with Crippen LogP contribution < -0.4 is 15.4 Å². The van der Waals surface area contributed by atoms with Gasteiger partial charge in [0.2, 0.25) is 21.8 Å². The second-order valence-electron chi connectivity index (χ2n) is 8.29. The molecular formula is C24H26N4O5S. The minimum absolute atomic E-state index is 0.0544. The Morgan fingerprint density at radius 2 is 1.79 bits per heavy atom. The molecule has 0 saturated heterocycles. The third-order valence-corrected chi connectivity index (χ3v) is 6.97. The van der Waals surface area contributed by atoms with Crippen molar-refractivity contribution in [3.63, 3.8) is 0 Å². The van der Waals surface area contributed by atoms with Gasteiger partial charge in [-0.2, -0.15) is 0 Å². The van der Waals surface area contributed by atoms with Crippen LogP contribution in [0, 0.1) is 0 Å². The number of hydrogen-bond acceptors (Lipinski definition) is 5. The fourth-order valence-corrected chi connectivity index (χ4v) is 5.05. The van der Waals surface area contributed by atoms with Gasteiger partial charge in [0.05, 0.1) is 12.3 Å². The molecule has 9 nitrogen and oxygen atoms in total. The zero-order valence-corrected chi connectivity index (χ0v) is 19.3. The predicted molar refractivity (Wildman–Crippen MR) is 127 cm³/mol. The Morgan fingerprint density at radius 1 is 1.09 bits per heavy atom. The fraction of sp³-hybridized carbons (Fsp3) is 0.292. The number of benzene rings is 2. The second kappa shape index (κ2) is 9.78. The molecule has 34 heavy (non-hydrogen) atoms. The lowest BCUT2D eigenvalue weighted by Crippen LogP contribution is -2.42. The molecule has 1 atom stereocenters. The number of sulfonamides is 1. The van der Waals surface area contributed by atoms with Gasteiger partial charge in [0, 0.05) is 23.8 Å². The number of carbonyl (C=O) groups excluding carboxylic acids is 3. The molecule has 1 saturated carbocycles. The lowest BCUT2D eigenvalue weighted by Gasteiger charge is -2.24. The van der Waals surface area contributed by atoms with E-state index in [-0.39, 0.29) is 30.8 Å². The molecule has 2 aliphatic rings. The molecule has 10 heteroatoms. The minimum atomic E-state index is -3.47. The van der Waals surface area contributed by atoms with Crippen LogP contribution in [0.1, 0.15) is 40.4 Å². The van der Waals surface area contributed by atoms with Crippen LogP contribution in [-0.4, -0.2) is 50.2 Å². The van der Waals surface area contributed by atoms with Gasteiger partial charge in [-0.15, -0.1) is 6.58 Å². The van der Waals surface area contributed by atoms with Crippen LogP contribution >= 0.6 is 0 Å². The Kier molecular flexibility index (Phi) is 6.80. The molecule has 0 spiro atoms. The number of nitrogens with zero attached hydrogens (tertiary/aromatic N) is 1. The summed E-state index contributed by atoms with van der Waals surface area (Å²) in [6.07, 6.45) is 3.19. The standard InChI is InChI=1S/C24H26N4O5S/c1-2-13-26-34(32,33)15-16-7-9-17(10-8-16)27-21(29)14-25-23(30)22-19-5-3-4-6-20(19)24(31)28(22)18-11-12-18/h2-10,18,22,26H,1,11-15H2,(H,25,30)(H,27,29). The average molecular weight is 483 g/mol. The third-order valence-electron chi connectivity index (χ3n) is 5.65. The molecule has 0 aromatic heterocycles. The number of carbonyl (C=O) groups is 3. The van der Waals surface area contributed by atoms with E-state index >= 15 is 0 Å². The number of hydrogen-bond donors (Lipinski definition) is 3. The topological polar surface area (TPSA) is 125 Å². The fourth-order valence-electron chi connectivity index (χ4n) is 3.94. The monoisotopic (exact) mass is 482 g/mol. The smallest absolute Gasteiger partial charge is 0.255 e. The first-order valence-electron chi connectivity index (χ1n) is 11.0. The number of nitrogens with one attached hydrogen (secondary N) is 3. The number of rotatable bonds is 10. The highest BCUT2D eigenvalue weighted by Gasteiger charge is 2.47. The maximum absolute atomic E-state index is 13.0. The molecule has 2 aromatic rings. The normalized spacial score (nSPS) is 17.2. The van der Waals surface area contributed by atoms with Gasteiger partial charge in [-0.3, -0.25) is 14.4 Å². The average Bonchev–Trinajstić information content (AvgIpc) is 3.61. The summed E-state index contributed by atoms with van der Waals surface area (Å²) in [4.78, 5) is 39.7. The van der Waals surface area contributed by atoms with Gasteiger partial charge in [-0.1, -0.05) is 36.4 Å². The highest BCUT2D eigenvalue weighted by atomic mass is 32.2. The Hall–Kier alpha value is -3.50. The third kappa shape index (κ3) is 5.35. The maximum Gasteiger partial charge on any atom is 0.255 e. The molecule has 1 fully saturated rings. The van der Waals surface area contributed by atoms with Crippen molar-refractivity contribution in [2.45, 2.75) is 30.7 Å². The van der Waals surface area contributed by atoms with E-state index in [1.807, 2.05) is 0 Å². The van der Waals surface area contributed by atoms with Crippen LogP contribution in [0.3, 0.4) is 0 Å². The molecule has 2 aromatic carbocycles. The first-order valence-corrected chi connectivity index (χ1v) is 12.6. The van der Waals surface area contributed by atoms with Crippen LogP contribution in [0.15, 0.2) is 61.2 Å². The molecule has 4 rings (SSSR count). The Bertz CT molecular complexity index is 1220. The molecule has 3 amide bonds. The summed E-state index contributed by atoms with van der Waals surface area (Å²) in [7, 11) is -3.47. The summed E-state index contributed by atoms with van der Waals surface area (Å²) >= 11 is 0. The van der Waals surface area contributed by atoms with Crippen LogP contribution in [0.2, 0.25) is 0 Å². The van der Waals surface area contributed by atoms with Gasteiger partial charge in [-0.05, 0) is 42.2 Å². The van der Waals surface area contributed by atoms with E-state index in [2.05, 4.69) is 21.9 Å². The van der Waals surface area contributed by atoms with Crippen LogP contribution in [0.4, 0.5) is 5.69 Å². The summed E-state index contributed by atoms with van der Waals surface area (Å²) in [5.41, 5.74) is 2.22. The maximum atomic E-state index is 13.0. The molecule has 1 aliphatic carbocycles. The highest BCUT2D eigenvalue weighted by Crippen LogP contribution is 2.41. The van der Waals surface area contributed by atoms with Crippen molar-refractivity contribution < 1.29 is 22.8 Å². The van der Waals surface area contributed by atoms with Gasteiger partial charge >= 0.3 is 0 Å². The molecule has 1 heterocycles. The molecule has 0 radical (unpaired) electrons. The Labute approximate surface area is 198 Å². The van der Waals surface area contributed by atoms with Gasteiger partial charge in [-0.25, -0.2) is 13.1 Å². The molecule has 1 unspecified atom stereocenters. The van der Waals surface area contributed by atoms with E-state index in [0.29, 0.717) is 22.4 Å². The SMILES string of the molecule is C=CCNS(=O)(=O)Cc1ccc(NC(=O)CNC(=O)C2c3ccccc3C(=O)N2C2CC2)cc1. The van der Waals surface area contributed by atoms with Gasteiger partial charge < -0.3 is 15.5 Å². The van der Waals surface area contributed by atoms with Crippen molar-refractivity contribution in [2.24, 2.45) is 0 Å². The second-order valence-corrected chi connectivity index (χ2v) is 10.1. The first kappa shape index (κ1) is 23.7. The summed E-state index contributed by atoms with van der Waals surface area (Å²) in [5, 5.41) is 5.31. The van der Waals surface area contributed by atoms with Crippen molar-refractivity contribution in [1.29, 1.82) is 0 Å². The summed E-state index contributed by atoms with van der Waals surface area (Å²) in [5.74, 6) is -1.17. The largest absolute Gasteiger partial charge is 0.345 e. The van der Waals surface area contributed by atoms with Crippen molar-refractivity contribution in [3.8, 4) is 0 Å². The van der Waals surface area contributed by atoms with E-state index in [1.165, 1.54) is 6.08 Å². The van der Waals surface area contributed by atoms with Crippen molar-refractivity contribution >= 4 is 33.4 Å². The highest BCUT2D eigenvalue weighted by molar-refractivity contribution is 7.88. The molecule has 3 N–H and O–H groups in total. The van der Waals surface area contributed by atoms with E-state index < -0.39 is 27.9 Å². The number of anilines is 1. The van der Waals surface area contributed by atoms with Crippen LogP contribution in [0.25, 0.3) is 0 Å². The number of amides is 3.